The number of halogens is 1. The third-order valence-corrected chi connectivity index (χ3v) is 2.37. The lowest BCUT2D eigenvalue weighted by Gasteiger charge is -1.97. The summed E-state index contributed by atoms with van der Waals surface area (Å²) in [7, 11) is 0. The van der Waals surface area contributed by atoms with Gasteiger partial charge in [0.15, 0.2) is 6.29 Å². The van der Waals surface area contributed by atoms with Crippen LogP contribution in [0.25, 0.3) is 11.3 Å². The van der Waals surface area contributed by atoms with E-state index in [1.165, 1.54) is 12.1 Å². The number of aromatic hydroxyl groups is 1. The maximum absolute atomic E-state index is 10.5. The van der Waals surface area contributed by atoms with Crippen LogP contribution in [0.3, 0.4) is 0 Å². The maximum Gasteiger partial charge on any atom is 0.169 e. The molecule has 0 saturated carbocycles. The first-order chi connectivity index (χ1) is 7.22. The average molecular weight is 223 g/mol. The number of hydrogen-bond acceptors (Lipinski definition) is 3. The predicted molar refractivity (Wildman–Crippen MR) is 56.1 cm³/mol. The van der Waals surface area contributed by atoms with Crippen molar-refractivity contribution < 1.29 is 9.90 Å². The topological polar surface area (TPSA) is 66.0 Å². The van der Waals surface area contributed by atoms with Crippen LogP contribution in [0.1, 0.15) is 10.5 Å². The first-order valence-corrected chi connectivity index (χ1v) is 4.58. The smallest absolute Gasteiger partial charge is 0.169 e. The van der Waals surface area contributed by atoms with Crippen molar-refractivity contribution in [2.45, 2.75) is 0 Å². The van der Waals surface area contributed by atoms with Crippen molar-refractivity contribution in [3.63, 3.8) is 0 Å². The highest BCUT2D eigenvalue weighted by atomic mass is 35.5. The molecule has 0 atom stereocenters. The van der Waals surface area contributed by atoms with Gasteiger partial charge < -0.3 is 5.11 Å². The Morgan fingerprint density at radius 1 is 1.33 bits per heavy atom. The molecule has 2 rings (SSSR count). The lowest BCUT2D eigenvalue weighted by molar-refractivity contribution is 0.111. The van der Waals surface area contributed by atoms with Gasteiger partial charge in [-0.25, -0.2) is 0 Å². The van der Waals surface area contributed by atoms with E-state index in [4.69, 9.17) is 16.7 Å². The molecule has 2 aromatic rings. The van der Waals surface area contributed by atoms with E-state index in [2.05, 4.69) is 10.2 Å². The first kappa shape index (κ1) is 9.73. The molecule has 5 heteroatoms. The van der Waals surface area contributed by atoms with E-state index in [-0.39, 0.29) is 16.5 Å². The third-order valence-electron chi connectivity index (χ3n) is 1.99. The lowest BCUT2D eigenvalue weighted by atomic mass is 10.1. The van der Waals surface area contributed by atoms with Crippen LogP contribution in [-0.2, 0) is 0 Å². The molecular formula is C10H7ClN2O2. The fraction of sp³-hybridized carbons (Fsp3) is 0. The largest absolute Gasteiger partial charge is 0.508 e. The van der Waals surface area contributed by atoms with Crippen molar-refractivity contribution in [3.8, 4) is 17.0 Å². The standard InChI is InChI=1S/C10H7ClN2O2/c11-9-8(5-14)12-13-10(9)6-1-3-7(15)4-2-6/h1-5,15H,(H,12,13). The minimum Gasteiger partial charge on any atom is -0.508 e. The Bertz CT molecular complexity index is 491. The van der Waals surface area contributed by atoms with Crippen LogP contribution >= 0.6 is 11.6 Å². The minimum atomic E-state index is 0.168. The zero-order chi connectivity index (χ0) is 10.8. The summed E-state index contributed by atoms with van der Waals surface area (Å²) < 4.78 is 0. The summed E-state index contributed by atoms with van der Waals surface area (Å²) in [4.78, 5) is 10.5. The molecule has 0 unspecified atom stereocenters. The number of benzene rings is 1. The molecule has 0 saturated heterocycles. The van der Waals surface area contributed by atoms with Gasteiger partial charge in [-0.3, -0.25) is 9.89 Å². The van der Waals surface area contributed by atoms with Gasteiger partial charge in [0.2, 0.25) is 0 Å². The van der Waals surface area contributed by atoms with Crippen LogP contribution < -0.4 is 0 Å². The molecule has 76 valence electrons. The lowest BCUT2D eigenvalue weighted by Crippen LogP contribution is -1.78. The SMILES string of the molecule is O=Cc1[nH]nc(-c2ccc(O)cc2)c1Cl. The molecule has 0 aliphatic carbocycles. The summed E-state index contributed by atoms with van der Waals surface area (Å²) in [6, 6.07) is 6.40. The van der Waals surface area contributed by atoms with Crippen molar-refractivity contribution in [3.05, 3.63) is 35.0 Å². The summed E-state index contributed by atoms with van der Waals surface area (Å²) in [6.45, 7) is 0. The van der Waals surface area contributed by atoms with Gasteiger partial charge in [-0.05, 0) is 24.3 Å². The molecule has 0 radical (unpaired) electrons. The van der Waals surface area contributed by atoms with E-state index in [1.54, 1.807) is 12.1 Å². The first-order valence-electron chi connectivity index (χ1n) is 4.21. The molecule has 2 N–H and O–H groups in total. The van der Waals surface area contributed by atoms with Crippen molar-refractivity contribution in [2.75, 3.05) is 0 Å². The monoisotopic (exact) mass is 222 g/mol. The molecule has 1 aromatic heterocycles. The zero-order valence-electron chi connectivity index (χ0n) is 7.57. The Hall–Kier alpha value is -1.81. The van der Waals surface area contributed by atoms with E-state index >= 15 is 0 Å². The number of carbonyl (C=O) groups excluding carboxylic acids is 1. The van der Waals surface area contributed by atoms with Crippen molar-refractivity contribution in [2.24, 2.45) is 0 Å². The Labute approximate surface area is 90.5 Å². The van der Waals surface area contributed by atoms with Crippen molar-refractivity contribution in [1.82, 2.24) is 10.2 Å². The highest BCUT2D eigenvalue weighted by Crippen LogP contribution is 2.28. The number of nitrogens with zero attached hydrogens (tertiary/aromatic N) is 1. The van der Waals surface area contributed by atoms with Gasteiger partial charge >= 0.3 is 0 Å². The molecule has 0 aliphatic heterocycles. The quantitative estimate of drug-likeness (QED) is 0.766. The van der Waals surface area contributed by atoms with Gasteiger partial charge in [0, 0.05) is 5.56 Å². The van der Waals surface area contributed by atoms with Gasteiger partial charge in [0.1, 0.15) is 17.1 Å². The van der Waals surface area contributed by atoms with Crippen LogP contribution in [0.2, 0.25) is 5.02 Å². The fourth-order valence-corrected chi connectivity index (χ4v) is 1.47. The Kier molecular flexibility index (Phi) is 2.43. The molecule has 0 amide bonds. The van der Waals surface area contributed by atoms with E-state index < -0.39 is 0 Å². The number of nitrogens with one attached hydrogen (secondary N) is 1. The second kappa shape index (κ2) is 3.74. The third kappa shape index (κ3) is 1.71. The minimum absolute atomic E-state index is 0.168. The van der Waals surface area contributed by atoms with Crippen LogP contribution in [0.15, 0.2) is 24.3 Å². The van der Waals surface area contributed by atoms with Gasteiger partial charge in [-0.1, -0.05) is 11.6 Å². The summed E-state index contributed by atoms with van der Waals surface area (Å²) in [6.07, 6.45) is 0.610. The number of H-pyrrole nitrogens is 1. The van der Waals surface area contributed by atoms with Crippen LogP contribution in [0, 0.1) is 0 Å². The number of phenolic OH excluding ortho intramolecular Hbond substituents is 1. The van der Waals surface area contributed by atoms with Crippen LogP contribution in [-0.4, -0.2) is 21.6 Å². The fourth-order valence-electron chi connectivity index (χ4n) is 1.23. The number of hydrogen-bond donors (Lipinski definition) is 2. The number of rotatable bonds is 2. The predicted octanol–water partition coefficient (Wildman–Crippen LogP) is 2.25. The summed E-state index contributed by atoms with van der Waals surface area (Å²) in [5.74, 6) is 0.168. The van der Waals surface area contributed by atoms with Crippen LogP contribution in [0.5, 0.6) is 5.75 Å². The Morgan fingerprint density at radius 3 is 2.53 bits per heavy atom. The average Bonchev–Trinajstić information content (AvgIpc) is 2.61. The molecule has 4 nitrogen and oxygen atoms in total. The highest BCUT2D eigenvalue weighted by molar-refractivity contribution is 6.35. The second-order valence-electron chi connectivity index (χ2n) is 2.96. The second-order valence-corrected chi connectivity index (χ2v) is 3.34. The van der Waals surface area contributed by atoms with Gasteiger partial charge in [-0.15, -0.1) is 0 Å². The molecule has 0 spiro atoms. The Balaban J connectivity index is 2.49. The molecule has 1 aromatic carbocycles. The number of aromatic amines is 1. The summed E-state index contributed by atoms with van der Waals surface area (Å²) in [5.41, 5.74) is 1.49. The van der Waals surface area contributed by atoms with E-state index in [1.807, 2.05) is 0 Å². The number of carbonyl (C=O) groups is 1. The number of aldehydes is 1. The van der Waals surface area contributed by atoms with Crippen LogP contribution in [0.4, 0.5) is 0 Å². The number of aromatic nitrogens is 2. The normalized spacial score (nSPS) is 10.2. The Morgan fingerprint density at radius 2 is 2.00 bits per heavy atom. The summed E-state index contributed by atoms with van der Waals surface area (Å²) in [5, 5.41) is 15.8. The summed E-state index contributed by atoms with van der Waals surface area (Å²) >= 11 is 5.91. The molecule has 0 fully saturated rings. The highest BCUT2D eigenvalue weighted by Gasteiger charge is 2.11. The maximum atomic E-state index is 10.5. The molecular weight excluding hydrogens is 216 g/mol. The van der Waals surface area contributed by atoms with Gasteiger partial charge in [0.25, 0.3) is 0 Å². The van der Waals surface area contributed by atoms with E-state index in [0.717, 1.165) is 5.56 Å². The van der Waals surface area contributed by atoms with Gasteiger partial charge in [0.05, 0.1) is 5.02 Å². The molecule has 15 heavy (non-hydrogen) atoms. The zero-order valence-corrected chi connectivity index (χ0v) is 8.32. The molecule has 0 bridgehead atoms. The van der Waals surface area contributed by atoms with Crippen molar-refractivity contribution >= 4 is 17.9 Å². The van der Waals surface area contributed by atoms with E-state index in [9.17, 15) is 4.79 Å². The van der Waals surface area contributed by atoms with Crippen molar-refractivity contribution in [1.29, 1.82) is 0 Å². The number of phenols is 1. The van der Waals surface area contributed by atoms with Gasteiger partial charge in [-0.2, -0.15) is 5.10 Å². The van der Waals surface area contributed by atoms with E-state index in [0.29, 0.717) is 12.0 Å². The molecule has 0 aliphatic rings. The molecule has 1 heterocycles.